The Bertz CT molecular complexity index is 1000. The van der Waals surface area contributed by atoms with Crippen LogP contribution in [0, 0.1) is 0 Å². The number of rotatable bonds is 8. The Morgan fingerprint density at radius 3 is 2.60 bits per heavy atom. The fraction of sp³-hybridized carbons (Fsp3) is 0.346. The highest BCUT2D eigenvalue weighted by Crippen LogP contribution is 2.45. The number of ether oxygens (including phenoxy) is 1. The summed E-state index contributed by atoms with van der Waals surface area (Å²) in [7, 11) is 0. The van der Waals surface area contributed by atoms with Crippen molar-refractivity contribution in [2.75, 3.05) is 25.4 Å². The first-order valence-corrected chi connectivity index (χ1v) is 10.5. The van der Waals surface area contributed by atoms with Crippen LogP contribution in [0.25, 0.3) is 5.57 Å². The molecular weight excluding hydrogens is 372 g/mol. The molecule has 30 heavy (non-hydrogen) atoms. The molecule has 2 aromatic rings. The predicted molar refractivity (Wildman–Crippen MR) is 125 cm³/mol. The van der Waals surface area contributed by atoms with Gasteiger partial charge in [-0.2, -0.15) is 0 Å². The SMILES string of the molecule is C=CCc1cc(N)ccc1C1=C(C)C(C)(C)c2cc(OCCNCC)ccc2C1=O. The first kappa shape index (κ1) is 21.8. The predicted octanol–water partition coefficient (Wildman–Crippen LogP) is 4.93. The molecule has 4 heteroatoms. The first-order valence-electron chi connectivity index (χ1n) is 10.5. The minimum Gasteiger partial charge on any atom is -0.492 e. The standard InChI is InChI=1S/C26H32N2O2/c1-6-8-18-15-19(27)9-11-21(18)24-17(3)26(4,5)23-16-20(30-14-13-28-7-2)10-12-22(23)25(24)29/h6,9-12,15-16,28H,1,7-8,13-14,27H2,2-5H3. The quantitative estimate of drug-likeness (QED) is 0.372. The molecule has 0 unspecified atom stereocenters. The van der Waals surface area contributed by atoms with Gasteiger partial charge in [0.05, 0.1) is 0 Å². The van der Waals surface area contributed by atoms with Crippen LogP contribution in [-0.4, -0.2) is 25.5 Å². The molecule has 0 aliphatic heterocycles. The third kappa shape index (κ3) is 4.05. The maximum Gasteiger partial charge on any atom is 0.193 e. The van der Waals surface area contributed by atoms with E-state index in [-0.39, 0.29) is 11.2 Å². The highest BCUT2D eigenvalue weighted by atomic mass is 16.5. The van der Waals surface area contributed by atoms with Gasteiger partial charge in [-0.05, 0) is 66.9 Å². The minimum atomic E-state index is -0.299. The molecule has 0 bridgehead atoms. The van der Waals surface area contributed by atoms with Crippen LogP contribution in [0.3, 0.4) is 0 Å². The molecule has 0 saturated heterocycles. The van der Waals surface area contributed by atoms with Gasteiger partial charge < -0.3 is 15.8 Å². The Hall–Kier alpha value is -2.85. The molecule has 0 atom stereocenters. The summed E-state index contributed by atoms with van der Waals surface area (Å²) in [5, 5.41) is 3.25. The second kappa shape index (κ2) is 8.88. The summed E-state index contributed by atoms with van der Waals surface area (Å²) in [5.74, 6) is 0.847. The molecule has 0 saturated carbocycles. The number of Topliss-reactive ketones (excluding diaryl/α,β-unsaturated/α-hetero) is 1. The van der Waals surface area contributed by atoms with Crippen molar-refractivity contribution in [2.24, 2.45) is 0 Å². The molecule has 1 aliphatic carbocycles. The molecule has 0 amide bonds. The number of fused-ring (bicyclic) bond motifs is 1. The van der Waals surface area contributed by atoms with Gasteiger partial charge in [-0.25, -0.2) is 0 Å². The van der Waals surface area contributed by atoms with Gasteiger partial charge in [-0.15, -0.1) is 6.58 Å². The number of hydrogen-bond acceptors (Lipinski definition) is 4. The van der Waals surface area contributed by atoms with Crippen molar-refractivity contribution in [1.29, 1.82) is 0 Å². The lowest BCUT2D eigenvalue weighted by Crippen LogP contribution is -2.30. The Labute approximate surface area is 179 Å². The third-order valence-corrected chi connectivity index (χ3v) is 6.01. The number of allylic oxidation sites excluding steroid dienone is 3. The number of likely N-dealkylation sites (N-methyl/N-ethyl adjacent to an activating group) is 1. The smallest absolute Gasteiger partial charge is 0.193 e. The second-order valence-electron chi connectivity index (χ2n) is 8.27. The van der Waals surface area contributed by atoms with E-state index in [0.29, 0.717) is 18.7 Å². The minimum absolute atomic E-state index is 0.0520. The van der Waals surface area contributed by atoms with E-state index in [1.807, 2.05) is 42.5 Å². The molecule has 0 radical (unpaired) electrons. The lowest BCUT2D eigenvalue weighted by molar-refractivity contribution is 0.105. The highest BCUT2D eigenvalue weighted by Gasteiger charge is 2.38. The number of nitrogen functional groups attached to an aromatic ring is 1. The Morgan fingerprint density at radius 2 is 1.90 bits per heavy atom. The van der Waals surface area contributed by atoms with Gasteiger partial charge in [0.15, 0.2) is 5.78 Å². The number of nitrogens with one attached hydrogen (secondary N) is 1. The molecule has 0 fully saturated rings. The van der Waals surface area contributed by atoms with Crippen molar-refractivity contribution >= 4 is 17.0 Å². The normalized spacial score (nSPS) is 15.1. The summed E-state index contributed by atoms with van der Waals surface area (Å²) < 4.78 is 5.90. The number of nitrogens with two attached hydrogens (primary N) is 1. The van der Waals surface area contributed by atoms with E-state index in [0.717, 1.165) is 52.2 Å². The van der Waals surface area contributed by atoms with Crippen LogP contribution in [0.5, 0.6) is 5.75 Å². The monoisotopic (exact) mass is 404 g/mol. The second-order valence-corrected chi connectivity index (χ2v) is 8.27. The third-order valence-electron chi connectivity index (χ3n) is 6.01. The number of anilines is 1. The number of hydrogen-bond donors (Lipinski definition) is 2. The van der Waals surface area contributed by atoms with Crippen LogP contribution in [0.2, 0.25) is 0 Å². The first-order chi connectivity index (χ1) is 14.3. The zero-order chi connectivity index (χ0) is 21.9. The molecule has 3 rings (SSSR count). The highest BCUT2D eigenvalue weighted by molar-refractivity contribution is 6.32. The molecule has 3 N–H and O–H groups in total. The van der Waals surface area contributed by atoms with Gasteiger partial charge in [0, 0.05) is 28.8 Å². The van der Waals surface area contributed by atoms with Crippen molar-refractivity contribution in [1.82, 2.24) is 5.32 Å². The maximum atomic E-state index is 13.6. The molecule has 2 aromatic carbocycles. The van der Waals surface area contributed by atoms with E-state index in [1.165, 1.54) is 0 Å². The maximum absolute atomic E-state index is 13.6. The molecule has 0 spiro atoms. The van der Waals surface area contributed by atoms with Crippen LogP contribution in [0.4, 0.5) is 5.69 Å². The molecule has 158 valence electrons. The van der Waals surface area contributed by atoms with Crippen molar-refractivity contribution in [3.05, 3.63) is 76.9 Å². The number of carbonyl (C=O) groups excluding carboxylic acids is 1. The molecule has 0 heterocycles. The van der Waals surface area contributed by atoms with Crippen LogP contribution >= 0.6 is 0 Å². The van der Waals surface area contributed by atoms with Crippen LogP contribution in [0.15, 0.2) is 54.6 Å². The molecule has 4 nitrogen and oxygen atoms in total. The zero-order valence-corrected chi connectivity index (χ0v) is 18.5. The zero-order valence-electron chi connectivity index (χ0n) is 18.5. The van der Waals surface area contributed by atoms with Gasteiger partial charge in [-0.3, -0.25) is 4.79 Å². The van der Waals surface area contributed by atoms with E-state index in [2.05, 4.69) is 39.6 Å². The average molecular weight is 405 g/mol. The van der Waals surface area contributed by atoms with Crippen LogP contribution in [-0.2, 0) is 11.8 Å². The van der Waals surface area contributed by atoms with E-state index in [1.54, 1.807) is 0 Å². The van der Waals surface area contributed by atoms with Crippen LogP contribution in [0.1, 0.15) is 54.7 Å². The fourth-order valence-corrected chi connectivity index (χ4v) is 4.07. The summed E-state index contributed by atoms with van der Waals surface area (Å²) in [6.45, 7) is 14.6. The van der Waals surface area contributed by atoms with Crippen molar-refractivity contribution in [3.8, 4) is 5.75 Å². The average Bonchev–Trinajstić information content (AvgIpc) is 2.72. The molecule has 0 aromatic heterocycles. The summed E-state index contributed by atoms with van der Waals surface area (Å²) in [5.41, 5.74) is 11.9. The van der Waals surface area contributed by atoms with Crippen LogP contribution < -0.4 is 15.8 Å². The number of benzene rings is 2. The number of carbonyl (C=O) groups is 1. The molecule has 1 aliphatic rings. The van der Waals surface area contributed by atoms with Crippen molar-refractivity contribution in [3.63, 3.8) is 0 Å². The summed E-state index contributed by atoms with van der Waals surface area (Å²) in [6.07, 6.45) is 2.51. The summed E-state index contributed by atoms with van der Waals surface area (Å²) >= 11 is 0. The van der Waals surface area contributed by atoms with Gasteiger partial charge in [0.2, 0.25) is 0 Å². The van der Waals surface area contributed by atoms with E-state index >= 15 is 0 Å². The topological polar surface area (TPSA) is 64.3 Å². The van der Waals surface area contributed by atoms with Crippen molar-refractivity contribution in [2.45, 2.75) is 39.5 Å². The van der Waals surface area contributed by atoms with Gasteiger partial charge in [0.25, 0.3) is 0 Å². The lowest BCUT2D eigenvalue weighted by Gasteiger charge is -2.36. The van der Waals surface area contributed by atoms with Gasteiger partial charge in [0.1, 0.15) is 12.4 Å². The number of ketones is 1. The Balaban J connectivity index is 2.05. The lowest BCUT2D eigenvalue weighted by atomic mass is 9.67. The Morgan fingerprint density at radius 1 is 1.17 bits per heavy atom. The van der Waals surface area contributed by atoms with Gasteiger partial charge in [-0.1, -0.05) is 38.5 Å². The largest absolute Gasteiger partial charge is 0.492 e. The van der Waals surface area contributed by atoms with E-state index in [4.69, 9.17) is 10.5 Å². The van der Waals surface area contributed by atoms with E-state index in [9.17, 15) is 4.79 Å². The Kier molecular flexibility index (Phi) is 6.47. The van der Waals surface area contributed by atoms with E-state index < -0.39 is 0 Å². The summed E-state index contributed by atoms with van der Waals surface area (Å²) in [4.78, 5) is 13.6. The van der Waals surface area contributed by atoms with Gasteiger partial charge >= 0.3 is 0 Å². The molecular formula is C26H32N2O2. The fourth-order valence-electron chi connectivity index (χ4n) is 4.07. The van der Waals surface area contributed by atoms with Crippen molar-refractivity contribution < 1.29 is 9.53 Å². The summed E-state index contributed by atoms with van der Waals surface area (Å²) in [6, 6.07) is 11.6.